The molecule has 0 aliphatic carbocycles. The van der Waals surface area contributed by atoms with E-state index < -0.39 is 11.2 Å². The summed E-state index contributed by atoms with van der Waals surface area (Å²) in [6.45, 7) is 0.446. The smallest absolute Gasteiger partial charge is 0.329 e. The van der Waals surface area contributed by atoms with Gasteiger partial charge in [-0.2, -0.15) is 5.10 Å². The zero-order valence-electron chi connectivity index (χ0n) is 20.6. The highest BCUT2D eigenvalue weighted by molar-refractivity contribution is 7.99. The molecule has 1 amide bonds. The summed E-state index contributed by atoms with van der Waals surface area (Å²) in [5, 5.41) is 4.46. The Bertz CT molecular complexity index is 1560. The Hall–Kier alpha value is -4.32. The van der Waals surface area contributed by atoms with Gasteiger partial charge in [0, 0.05) is 25.2 Å². The molecule has 4 aromatic rings. The van der Waals surface area contributed by atoms with Crippen LogP contribution in [0.4, 0.5) is 0 Å². The molecule has 0 radical (unpaired) electrons. The number of imidazole rings is 1. The number of ether oxygens (including phenoxy) is 2. The van der Waals surface area contributed by atoms with Crippen LogP contribution in [0.3, 0.4) is 0 Å². The zero-order chi connectivity index (χ0) is 26.4. The number of carbonyl (C=O) groups excluding carboxylic acids is 1. The second kappa shape index (κ2) is 11.6. The number of aryl methyl sites for hydroxylation is 3. The van der Waals surface area contributed by atoms with E-state index in [9.17, 15) is 14.4 Å². The Labute approximate surface area is 216 Å². The largest absolute Gasteiger partial charge is 0.497 e. The van der Waals surface area contributed by atoms with Crippen LogP contribution in [0, 0.1) is 0 Å². The number of aromatic nitrogens is 4. The van der Waals surface area contributed by atoms with Crippen LogP contribution in [-0.2, 0) is 24.8 Å². The predicted octanol–water partition coefficient (Wildman–Crippen LogP) is 1.93. The Morgan fingerprint density at radius 1 is 1.16 bits per heavy atom. The van der Waals surface area contributed by atoms with Crippen molar-refractivity contribution in [2.75, 3.05) is 20.0 Å². The summed E-state index contributed by atoms with van der Waals surface area (Å²) >= 11 is 1.15. The van der Waals surface area contributed by atoms with Gasteiger partial charge in [0.15, 0.2) is 16.3 Å². The highest BCUT2D eigenvalue weighted by Gasteiger charge is 2.18. The van der Waals surface area contributed by atoms with Gasteiger partial charge >= 0.3 is 5.69 Å². The van der Waals surface area contributed by atoms with Gasteiger partial charge in [0.2, 0.25) is 0 Å². The number of carbonyl (C=O) groups is 1. The minimum absolute atomic E-state index is 0.00238. The van der Waals surface area contributed by atoms with Crippen LogP contribution in [0.15, 0.2) is 68.4 Å². The van der Waals surface area contributed by atoms with Crippen molar-refractivity contribution in [3.05, 3.63) is 80.5 Å². The zero-order valence-corrected chi connectivity index (χ0v) is 21.4. The molecular weight excluding hydrogens is 496 g/mol. The number of benzene rings is 2. The average molecular weight is 523 g/mol. The lowest BCUT2D eigenvalue weighted by Crippen LogP contribution is -2.29. The van der Waals surface area contributed by atoms with Crippen molar-refractivity contribution in [3.8, 4) is 11.5 Å². The molecule has 2 heterocycles. The summed E-state index contributed by atoms with van der Waals surface area (Å²) in [5.74, 6) is 0.825. The lowest BCUT2D eigenvalue weighted by atomic mass is 10.1. The molecule has 0 saturated heterocycles. The second-order valence-electron chi connectivity index (χ2n) is 7.96. The molecular formula is C25H26N6O5S. The summed E-state index contributed by atoms with van der Waals surface area (Å²) in [4.78, 5) is 44.1. The van der Waals surface area contributed by atoms with Crippen LogP contribution in [-0.4, -0.2) is 51.2 Å². The summed E-state index contributed by atoms with van der Waals surface area (Å²) in [6.07, 6.45) is 2.12. The predicted molar refractivity (Wildman–Crippen MR) is 142 cm³/mol. The highest BCUT2D eigenvalue weighted by atomic mass is 32.2. The topological polar surface area (TPSA) is 133 Å². The van der Waals surface area contributed by atoms with Gasteiger partial charge in [0.25, 0.3) is 11.5 Å². The number of hydrogen-bond acceptors (Lipinski definition) is 8. The maximum atomic E-state index is 12.6. The van der Waals surface area contributed by atoms with Gasteiger partial charge in [-0.05, 0) is 24.1 Å². The Balaban J connectivity index is 1.50. The minimum Gasteiger partial charge on any atom is -0.497 e. The first-order valence-corrected chi connectivity index (χ1v) is 12.3. The summed E-state index contributed by atoms with van der Waals surface area (Å²) in [6, 6.07) is 15.1. The van der Waals surface area contributed by atoms with Crippen LogP contribution >= 0.6 is 11.8 Å². The van der Waals surface area contributed by atoms with Crippen molar-refractivity contribution in [2.24, 2.45) is 12.1 Å². The van der Waals surface area contributed by atoms with Gasteiger partial charge in [-0.1, -0.05) is 42.1 Å². The lowest BCUT2D eigenvalue weighted by molar-refractivity contribution is -0.118. The number of nitrogens with zero attached hydrogens (tertiary/aromatic N) is 4. The molecule has 2 N–H and O–H groups in total. The molecule has 0 aliphatic heterocycles. The SMILES string of the molecule is COc1ccc(/C=N/NC(=O)CSc2nc3c(c(=O)[nH]c(=O)n3C)n2CCc2ccccc2)c(OC)c1. The van der Waals surface area contributed by atoms with Crippen molar-refractivity contribution in [3.63, 3.8) is 0 Å². The third-order valence-electron chi connectivity index (χ3n) is 5.60. The van der Waals surface area contributed by atoms with Crippen molar-refractivity contribution >= 4 is 35.0 Å². The van der Waals surface area contributed by atoms with Crippen LogP contribution in [0.25, 0.3) is 11.2 Å². The van der Waals surface area contributed by atoms with Gasteiger partial charge in [-0.15, -0.1) is 0 Å². The van der Waals surface area contributed by atoms with Gasteiger partial charge in [-0.3, -0.25) is 19.1 Å². The Morgan fingerprint density at radius 3 is 2.68 bits per heavy atom. The molecule has 0 unspecified atom stereocenters. The molecule has 11 nitrogen and oxygen atoms in total. The first-order valence-electron chi connectivity index (χ1n) is 11.3. The van der Waals surface area contributed by atoms with E-state index in [1.807, 2.05) is 30.3 Å². The molecule has 192 valence electrons. The number of nitrogens with one attached hydrogen (secondary N) is 2. The van der Waals surface area contributed by atoms with Crippen LogP contribution in [0.1, 0.15) is 11.1 Å². The number of hydrazone groups is 1. The number of fused-ring (bicyclic) bond motifs is 1. The minimum atomic E-state index is -0.553. The van der Waals surface area contributed by atoms with Crippen LogP contribution < -0.4 is 26.1 Å². The number of thioether (sulfide) groups is 1. The van der Waals surface area contributed by atoms with E-state index in [2.05, 4.69) is 20.5 Å². The lowest BCUT2D eigenvalue weighted by Gasteiger charge is -2.09. The van der Waals surface area contributed by atoms with E-state index in [-0.39, 0.29) is 22.8 Å². The summed E-state index contributed by atoms with van der Waals surface area (Å²) < 4.78 is 13.5. The molecule has 2 aromatic carbocycles. The van der Waals surface area contributed by atoms with Crippen molar-refractivity contribution < 1.29 is 14.3 Å². The number of methoxy groups -OCH3 is 2. The van der Waals surface area contributed by atoms with Crippen LogP contribution in [0.5, 0.6) is 11.5 Å². The van der Waals surface area contributed by atoms with Crippen molar-refractivity contribution in [2.45, 2.75) is 18.1 Å². The molecule has 12 heteroatoms. The van der Waals surface area contributed by atoms with E-state index in [4.69, 9.17) is 9.47 Å². The third kappa shape index (κ3) is 5.92. The molecule has 0 bridgehead atoms. The molecule has 2 aromatic heterocycles. The second-order valence-corrected chi connectivity index (χ2v) is 8.90. The van der Waals surface area contributed by atoms with Gasteiger partial charge < -0.3 is 14.0 Å². The molecule has 0 atom stereocenters. The van der Waals surface area contributed by atoms with Gasteiger partial charge in [-0.25, -0.2) is 15.2 Å². The molecule has 0 fully saturated rings. The average Bonchev–Trinajstić information content (AvgIpc) is 3.29. The molecule has 0 saturated carbocycles. The number of amides is 1. The molecule has 4 rings (SSSR count). The number of aromatic amines is 1. The number of hydrogen-bond donors (Lipinski definition) is 2. The van der Waals surface area contributed by atoms with Gasteiger partial charge in [0.1, 0.15) is 11.5 Å². The van der Waals surface area contributed by atoms with E-state index in [0.717, 1.165) is 17.3 Å². The van der Waals surface area contributed by atoms with E-state index in [1.54, 1.807) is 36.9 Å². The Kier molecular flexibility index (Phi) is 8.08. The molecule has 37 heavy (non-hydrogen) atoms. The number of rotatable bonds is 10. The standard InChI is InChI=1S/C25H26N6O5S/c1-30-22-21(23(33)28-24(30)34)31(12-11-16-7-5-4-6-8-16)25(27-22)37-15-20(32)29-26-14-17-9-10-18(35-2)13-19(17)36-3/h4-10,13-14H,11-12,15H2,1-3H3,(H,29,32)(H,28,33,34)/b26-14+. The highest BCUT2D eigenvalue weighted by Crippen LogP contribution is 2.24. The first-order chi connectivity index (χ1) is 17.9. The van der Waals surface area contributed by atoms with Crippen molar-refractivity contribution in [1.29, 1.82) is 0 Å². The summed E-state index contributed by atoms with van der Waals surface area (Å²) in [5.41, 5.74) is 3.71. The quantitative estimate of drug-likeness (QED) is 0.185. The Morgan fingerprint density at radius 2 is 1.95 bits per heavy atom. The molecule has 0 spiro atoms. The first kappa shape index (κ1) is 25.8. The fourth-order valence-corrected chi connectivity index (χ4v) is 4.49. The maximum absolute atomic E-state index is 12.6. The normalized spacial score (nSPS) is 11.2. The van der Waals surface area contributed by atoms with Gasteiger partial charge in [0.05, 0.1) is 26.2 Å². The van der Waals surface area contributed by atoms with E-state index in [0.29, 0.717) is 35.2 Å². The van der Waals surface area contributed by atoms with E-state index in [1.165, 1.54) is 17.9 Å². The number of H-pyrrole nitrogens is 1. The fraction of sp³-hybridized carbons (Fsp3) is 0.240. The third-order valence-corrected chi connectivity index (χ3v) is 6.58. The van der Waals surface area contributed by atoms with E-state index >= 15 is 0 Å². The maximum Gasteiger partial charge on any atom is 0.329 e. The fourth-order valence-electron chi connectivity index (χ4n) is 3.68. The van der Waals surface area contributed by atoms with Crippen molar-refractivity contribution in [1.82, 2.24) is 24.5 Å². The van der Waals surface area contributed by atoms with Crippen LogP contribution in [0.2, 0.25) is 0 Å². The molecule has 0 aliphatic rings. The summed E-state index contributed by atoms with van der Waals surface area (Å²) in [7, 11) is 4.64. The monoisotopic (exact) mass is 522 g/mol.